The third kappa shape index (κ3) is 7.11. The SMILES string of the molecule is CC(C)CNS(=O)(=O)c1ccc(CCC(=O)NCc2ccc(F)cc2)cc1. The van der Waals surface area contributed by atoms with Crippen LogP contribution < -0.4 is 10.0 Å². The van der Waals surface area contributed by atoms with Crippen molar-refractivity contribution < 1.29 is 17.6 Å². The van der Waals surface area contributed by atoms with Crippen LogP contribution in [0, 0.1) is 11.7 Å². The average molecular weight is 392 g/mol. The van der Waals surface area contributed by atoms with Gasteiger partial charge in [0.1, 0.15) is 5.82 Å². The van der Waals surface area contributed by atoms with Gasteiger partial charge in [-0.25, -0.2) is 17.5 Å². The summed E-state index contributed by atoms with van der Waals surface area (Å²) in [7, 11) is -3.50. The molecule has 0 heterocycles. The van der Waals surface area contributed by atoms with E-state index >= 15 is 0 Å². The summed E-state index contributed by atoms with van der Waals surface area (Å²) in [6, 6.07) is 12.5. The summed E-state index contributed by atoms with van der Waals surface area (Å²) < 4.78 is 39.7. The number of nitrogens with one attached hydrogen (secondary N) is 2. The van der Waals surface area contributed by atoms with Crippen LogP contribution in [0.1, 0.15) is 31.4 Å². The highest BCUT2D eigenvalue weighted by Gasteiger charge is 2.14. The molecule has 1 amide bonds. The second kappa shape index (κ2) is 9.62. The normalized spacial score (nSPS) is 11.6. The molecule has 0 aliphatic carbocycles. The molecule has 0 fully saturated rings. The Morgan fingerprint density at radius 1 is 1.00 bits per heavy atom. The first-order valence-corrected chi connectivity index (χ1v) is 10.3. The van der Waals surface area contributed by atoms with E-state index in [1.165, 1.54) is 12.1 Å². The molecule has 27 heavy (non-hydrogen) atoms. The van der Waals surface area contributed by atoms with Crippen LogP contribution in [0.15, 0.2) is 53.4 Å². The van der Waals surface area contributed by atoms with Crippen molar-refractivity contribution in [2.75, 3.05) is 6.54 Å². The molecule has 2 aromatic carbocycles. The molecule has 0 spiro atoms. The number of amides is 1. The van der Waals surface area contributed by atoms with Gasteiger partial charge in [0.2, 0.25) is 15.9 Å². The molecule has 2 aromatic rings. The van der Waals surface area contributed by atoms with E-state index in [-0.39, 0.29) is 22.5 Å². The van der Waals surface area contributed by atoms with Crippen LogP contribution in [0.25, 0.3) is 0 Å². The van der Waals surface area contributed by atoms with E-state index in [1.54, 1.807) is 36.4 Å². The van der Waals surface area contributed by atoms with Gasteiger partial charge in [-0.3, -0.25) is 4.79 Å². The Hall–Kier alpha value is -2.25. The highest BCUT2D eigenvalue weighted by molar-refractivity contribution is 7.89. The van der Waals surface area contributed by atoms with Crippen molar-refractivity contribution in [1.82, 2.24) is 10.0 Å². The second-order valence-corrected chi connectivity index (χ2v) is 8.56. The minimum Gasteiger partial charge on any atom is -0.352 e. The van der Waals surface area contributed by atoms with Crippen LogP contribution in [0.4, 0.5) is 4.39 Å². The van der Waals surface area contributed by atoms with Crippen LogP contribution in [0.2, 0.25) is 0 Å². The molecule has 0 bridgehead atoms. The highest BCUT2D eigenvalue weighted by atomic mass is 32.2. The molecule has 146 valence electrons. The smallest absolute Gasteiger partial charge is 0.240 e. The Kier molecular flexibility index (Phi) is 7.50. The fraction of sp³-hybridized carbons (Fsp3) is 0.350. The fourth-order valence-corrected chi connectivity index (χ4v) is 3.56. The van der Waals surface area contributed by atoms with E-state index < -0.39 is 10.0 Å². The number of carbonyl (C=O) groups is 1. The van der Waals surface area contributed by atoms with E-state index in [2.05, 4.69) is 10.0 Å². The number of sulfonamides is 1. The Balaban J connectivity index is 1.82. The molecule has 5 nitrogen and oxygen atoms in total. The number of carbonyl (C=O) groups excluding carboxylic acids is 1. The summed E-state index contributed by atoms with van der Waals surface area (Å²) in [4.78, 5) is 12.2. The van der Waals surface area contributed by atoms with Crippen LogP contribution in [0.3, 0.4) is 0 Å². The highest BCUT2D eigenvalue weighted by Crippen LogP contribution is 2.12. The zero-order valence-corrected chi connectivity index (χ0v) is 16.4. The summed E-state index contributed by atoms with van der Waals surface area (Å²) in [5.41, 5.74) is 1.71. The predicted octanol–water partition coefficient (Wildman–Crippen LogP) is 3.01. The average Bonchev–Trinajstić information content (AvgIpc) is 2.65. The lowest BCUT2D eigenvalue weighted by Gasteiger charge is -2.09. The lowest BCUT2D eigenvalue weighted by Crippen LogP contribution is -2.27. The number of halogens is 1. The predicted molar refractivity (Wildman–Crippen MR) is 103 cm³/mol. The quantitative estimate of drug-likeness (QED) is 0.689. The van der Waals surface area contributed by atoms with Gasteiger partial charge in [0.05, 0.1) is 4.90 Å². The zero-order chi connectivity index (χ0) is 19.9. The van der Waals surface area contributed by atoms with Crippen molar-refractivity contribution in [3.8, 4) is 0 Å². The summed E-state index contributed by atoms with van der Waals surface area (Å²) >= 11 is 0. The zero-order valence-electron chi connectivity index (χ0n) is 15.5. The standard InChI is InChI=1S/C20H25FN2O3S/c1-15(2)13-23-27(25,26)19-10-5-16(6-11-19)7-12-20(24)22-14-17-3-8-18(21)9-4-17/h3-6,8-11,15,23H,7,12-14H2,1-2H3,(H,22,24). The minimum absolute atomic E-state index is 0.116. The Bertz CT molecular complexity index is 848. The largest absolute Gasteiger partial charge is 0.352 e. The minimum atomic E-state index is -3.50. The van der Waals surface area contributed by atoms with Gasteiger partial charge in [0.15, 0.2) is 0 Å². The van der Waals surface area contributed by atoms with Crippen molar-refractivity contribution in [2.45, 2.75) is 38.1 Å². The van der Waals surface area contributed by atoms with Crippen LogP contribution in [-0.2, 0) is 27.8 Å². The molecule has 0 radical (unpaired) electrons. The molecular weight excluding hydrogens is 367 g/mol. The topological polar surface area (TPSA) is 75.3 Å². The van der Waals surface area contributed by atoms with Crippen LogP contribution >= 0.6 is 0 Å². The molecule has 0 saturated carbocycles. The van der Waals surface area contributed by atoms with Crippen LogP contribution in [-0.4, -0.2) is 20.9 Å². The molecule has 2 N–H and O–H groups in total. The van der Waals surface area contributed by atoms with E-state index in [9.17, 15) is 17.6 Å². The first kappa shape index (κ1) is 21.1. The molecule has 0 atom stereocenters. The summed E-state index contributed by atoms with van der Waals surface area (Å²) in [5, 5.41) is 2.78. The Labute approximate surface area is 160 Å². The molecule has 7 heteroatoms. The first-order valence-electron chi connectivity index (χ1n) is 8.86. The molecular formula is C20H25FN2O3S. The van der Waals surface area contributed by atoms with Crippen molar-refractivity contribution in [3.63, 3.8) is 0 Å². The molecule has 0 aliphatic rings. The van der Waals surface area contributed by atoms with Gasteiger partial charge in [-0.05, 0) is 47.7 Å². The van der Waals surface area contributed by atoms with Gasteiger partial charge >= 0.3 is 0 Å². The Morgan fingerprint density at radius 3 is 2.19 bits per heavy atom. The third-order valence-corrected chi connectivity index (χ3v) is 5.40. The van der Waals surface area contributed by atoms with Crippen LogP contribution in [0.5, 0.6) is 0 Å². The maximum Gasteiger partial charge on any atom is 0.240 e. The first-order chi connectivity index (χ1) is 12.8. The van der Waals surface area contributed by atoms with Crippen molar-refractivity contribution in [2.24, 2.45) is 5.92 Å². The molecule has 0 saturated heterocycles. The van der Waals surface area contributed by atoms with Crippen molar-refractivity contribution in [1.29, 1.82) is 0 Å². The second-order valence-electron chi connectivity index (χ2n) is 6.79. The van der Waals surface area contributed by atoms with Gasteiger partial charge in [-0.15, -0.1) is 0 Å². The van der Waals surface area contributed by atoms with E-state index in [4.69, 9.17) is 0 Å². The molecule has 0 unspecified atom stereocenters. The number of hydrogen-bond donors (Lipinski definition) is 2. The lowest BCUT2D eigenvalue weighted by atomic mass is 10.1. The molecule has 2 rings (SSSR count). The fourth-order valence-electron chi connectivity index (χ4n) is 2.34. The van der Waals surface area contributed by atoms with Gasteiger partial charge in [-0.2, -0.15) is 0 Å². The number of aryl methyl sites for hydroxylation is 1. The van der Waals surface area contributed by atoms with Gasteiger partial charge in [0.25, 0.3) is 0 Å². The van der Waals surface area contributed by atoms with Crippen molar-refractivity contribution in [3.05, 3.63) is 65.5 Å². The third-order valence-electron chi connectivity index (χ3n) is 3.96. The molecule has 0 aromatic heterocycles. The van der Waals surface area contributed by atoms with Gasteiger partial charge in [0, 0.05) is 19.5 Å². The van der Waals surface area contributed by atoms with E-state index in [1.807, 2.05) is 13.8 Å². The summed E-state index contributed by atoms with van der Waals surface area (Å²) in [5.74, 6) is -0.197. The number of benzene rings is 2. The van der Waals surface area contributed by atoms with Gasteiger partial charge < -0.3 is 5.32 Å². The monoisotopic (exact) mass is 392 g/mol. The lowest BCUT2D eigenvalue weighted by molar-refractivity contribution is -0.121. The Morgan fingerprint density at radius 2 is 1.59 bits per heavy atom. The van der Waals surface area contributed by atoms with Gasteiger partial charge in [-0.1, -0.05) is 38.1 Å². The van der Waals surface area contributed by atoms with E-state index in [0.717, 1.165) is 11.1 Å². The summed E-state index contributed by atoms with van der Waals surface area (Å²) in [6.07, 6.45) is 0.799. The maximum absolute atomic E-state index is 12.8. The maximum atomic E-state index is 12.8. The number of hydrogen-bond acceptors (Lipinski definition) is 3. The number of rotatable bonds is 9. The molecule has 0 aliphatic heterocycles. The van der Waals surface area contributed by atoms with E-state index in [0.29, 0.717) is 25.9 Å². The summed E-state index contributed by atoms with van der Waals surface area (Å²) in [6.45, 7) is 4.61. The van der Waals surface area contributed by atoms with Crippen molar-refractivity contribution >= 4 is 15.9 Å².